The van der Waals surface area contributed by atoms with Gasteiger partial charge in [0.15, 0.2) is 11.5 Å². The number of halogens is 1. The lowest BCUT2D eigenvalue weighted by molar-refractivity contribution is 0.102. The molecule has 1 saturated heterocycles. The van der Waals surface area contributed by atoms with Gasteiger partial charge >= 0.3 is 0 Å². The lowest BCUT2D eigenvalue weighted by Gasteiger charge is -2.32. The van der Waals surface area contributed by atoms with Gasteiger partial charge in [0.25, 0.3) is 5.91 Å². The Morgan fingerprint density at radius 2 is 2.07 bits per heavy atom. The summed E-state index contributed by atoms with van der Waals surface area (Å²) in [6.07, 6.45) is 8.44. The van der Waals surface area contributed by atoms with E-state index in [2.05, 4.69) is 30.5 Å². The van der Waals surface area contributed by atoms with Crippen molar-refractivity contribution in [3.63, 3.8) is 0 Å². The maximum absolute atomic E-state index is 14.2. The smallest absolute Gasteiger partial charge is 0.275 e. The van der Waals surface area contributed by atoms with Gasteiger partial charge in [-0.1, -0.05) is 0 Å². The number of amides is 1. The third-order valence-electron chi connectivity index (χ3n) is 4.97. The van der Waals surface area contributed by atoms with Crippen LogP contribution in [0.3, 0.4) is 0 Å². The normalized spacial score (nSPS) is 15.0. The highest BCUT2D eigenvalue weighted by atomic mass is 19.1. The van der Waals surface area contributed by atoms with Gasteiger partial charge in [-0.05, 0) is 32.9 Å². The highest BCUT2D eigenvalue weighted by molar-refractivity contribution is 6.02. The summed E-state index contributed by atoms with van der Waals surface area (Å²) in [4.78, 5) is 27.3. The van der Waals surface area contributed by atoms with E-state index in [0.29, 0.717) is 17.4 Å². The molecule has 4 heterocycles. The molecular weight excluding hydrogens is 361 g/mol. The lowest BCUT2D eigenvalue weighted by atomic mass is 10.1. The minimum absolute atomic E-state index is 0.171. The first-order valence-electron chi connectivity index (χ1n) is 9.23. The first-order chi connectivity index (χ1) is 13.5. The van der Waals surface area contributed by atoms with Crippen LogP contribution in [-0.2, 0) is 0 Å². The molecule has 0 bridgehead atoms. The van der Waals surface area contributed by atoms with Gasteiger partial charge in [0.2, 0.25) is 0 Å². The number of piperidine rings is 1. The Balaban J connectivity index is 1.47. The summed E-state index contributed by atoms with van der Waals surface area (Å²) in [6.45, 7) is 3.75. The standard InChI is InChI=1S/C19H22FN7O/c1-12-10-27-11-13(7-15(20)18(27)24-12)25-19(28)16-8-23-17(9-22-16)26(2)14-3-5-21-6-4-14/h7-11,14,21H,3-6H2,1-2H3,(H,25,28). The fourth-order valence-corrected chi connectivity index (χ4v) is 3.44. The number of pyridine rings is 1. The zero-order chi connectivity index (χ0) is 19.7. The number of nitrogens with one attached hydrogen (secondary N) is 2. The van der Waals surface area contributed by atoms with Gasteiger partial charge in [-0.2, -0.15) is 0 Å². The van der Waals surface area contributed by atoms with Crippen molar-refractivity contribution in [3.8, 4) is 0 Å². The second-order valence-electron chi connectivity index (χ2n) is 7.00. The van der Waals surface area contributed by atoms with Gasteiger partial charge in [0.1, 0.15) is 11.5 Å². The Morgan fingerprint density at radius 1 is 1.29 bits per heavy atom. The molecule has 1 aliphatic heterocycles. The molecule has 3 aromatic rings. The summed E-state index contributed by atoms with van der Waals surface area (Å²) < 4.78 is 15.7. The molecule has 0 spiro atoms. The minimum Gasteiger partial charge on any atom is -0.355 e. The number of aromatic nitrogens is 4. The van der Waals surface area contributed by atoms with Crippen molar-refractivity contribution >= 4 is 23.1 Å². The molecule has 3 aromatic heterocycles. The Bertz CT molecular complexity index is 995. The number of carbonyl (C=O) groups is 1. The summed E-state index contributed by atoms with van der Waals surface area (Å²) in [5.41, 5.74) is 1.41. The zero-order valence-corrected chi connectivity index (χ0v) is 15.8. The highest BCUT2D eigenvalue weighted by Crippen LogP contribution is 2.18. The number of aryl methyl sites for hydroxylation is 1. The average molecular weight is 383 g/mol. The zero-order valence-electron chi connectivity index (χ0n) is 15.8. The Hall–Kier alpha value is -3.07. The molecule has 0 aromatic carbocycles. The molecule has 0 radical (unpaired) electrons. The van der Waals surface area contributed by atoms with Gasteiger partial charge in [-0.3, -0.25) is 4.79 Å². The highest BCUT2D eigenvalue weighted by Gasteiger charge is 2.20. The first kappa shape index (κ1) is 18.3. The molecule has 0 unspecified atom stereocenters. The third kappa shape index (κ3) is 3.65. The van der Waals surface area contributed by atoms with Crippen LogP contribution in [0.2, 0.25) is 0 Å². The molecule has 1 amide bonds. The van der Waals surface area contributed by atoms with Crippen molar-refractivity contribution in [3.05, 3.63) is 48.1 Å². The SMILES string of the molecule is Cc1cn2cc(NC(=O)c3cnc(N(C)C4CCNCC4)cn3)cc(F)c2n1. The summed E-state index contributed by atoms with van der Waals surface area (Å²) in [5.74, 6) is -0.222. The maximum atomic E-state index is 14.2. The van der Waals surface area contributed by atoms with Crippen molar-refractivity contribution in [2.45, 2.75) is 25.8 Å². The van der Waals surface area contributed by atoms with E-state index in [1.807, 2.05) is 7.05 Å². The number of rotatable bonds is 4. The second kappa shape index (κ2) is 7.51. The fourth-order valence-electron chi connectivity index (χ4n) is 3.44. The summed E-state index contributed by atoms with van der Waals surface area (Å²) in [7, 11) is 1.99. The summed E-state index contributed by atoms with van der Waals surface area (Å²) >= 11 is 0. The van der Waals surface area contributed by atoms with Crippen LogP contribution in [0.5, 0.6) is 0 Å². The molecule has 8 nitrogen and oxygen atoms in total. The van der Waals surface area contributed by atoms with Crippen molar-refractivity contribution in [1.82, 2.24) is 24.7 Å². The van der Waals surface area contributed by atoms with E-state index >= 15 is 0 Å². The fraction of sp³-hybridized carbons (Fsp3) is 0.368. The van der Waals surface area contributed by atoms with Gasteiger partial charge in [0, 0.05) is 31.5 Å². The maximum Gasteiger partial charge on any atom is 0.275 e. The molecule has 1 aliphatic rings. The van der Waals surface area contributed by atoms with Crippen molar-refractivity contribution in [2.24, 2.45) is 0 Å². The molecule has 0 aliphatic carbocycles. The van der Waals surface area contributed by atoms with Crippen LogP contribution < -0.4 is 15.5 Å². The van der Waals surface area contributed by atoms with Crippen LogP contribution in [0.1, 0.15) is 29.0 Å². The molecule has 1 fully saturated rings. The number of imidazole rings is 1. The number of carbonyl (C=O) groups excluding carboxylic acids is 1. The molecule has 4 rings (SSSR count). The van der Waals surface area contributed by atoms with Crippen LogP contribution in [0.4, 0.5) is 15.9 Å². The van der Waals surface area contributed by atoms with Gasteiger partial charge in [-0.15, -0.1) is 0 Å². The number of fused-ring (bicyclic) bond motifs is 1. The molecule has 146 valence electrons. The van der Waals surface area contributed by atoms with E-state index in [1.165, 1.54) is 12.3 Å². The second-order valence-corrected chi connectivity index (χ2v) is 7.00. The van der Waals surface area contributed by atoms with Gasteiger partial charge in [0.05, 0.1) is 23.8 Å². The summed E-state index contributed by atoms with van der Waals surface area (Å²) in [5, 5.41) is 6.00. The molecule has 0 saturated carbocycles. The number of anilines is 2. The predicted molar refractivity (Wildman–Crippen MR) is 104 cm³/mol. The quantitative estimate of drug-likeness (QED) is 0.717. The molecule has 28 heavy (non-hydrogen) atoms. The monoisotopic (exact) mass is 383 g/mol. The van der Waals surface area contributed by atoms with Crippen LogP contribution in [0, 0.1) is 12.7 Å². The van der Waals surface area contributed by atoms with Gasteiger partial charge < -0.3 is 19.9 Å². The van der Waals surface area contributed by atoms with E-state index in [0.717, 1.165) is 31.7 Å². The van der Waals surface area contributed by atoms with Gasteiger partial charge in [-0.25, -0.2) is 19.3 Å². The molecular formula is C19H22FN7O. The number of nitrogens with zero attached hydrogens (tertiary/aromatic N) is 5. The third-order valence-corrected chi connectivity index (χ3v) is 4.97. The van der Waals surface area contributed by atoms with E-state index in [4.69, 9.17) is 0 Å². The van der Waals surface area contributed by atoms with Crippen molar-refractivity contribution in [2.75, 3.05) is 30.4 Å². The summed E-state index contributed by atoms with van der Waals surface area (Å²) in [6, 6.07) is 1.65. The topological polar surface area (TPSA) is 87.5 Å². The Labute approximate surface area is 161 Å². The number of hydrogen-bond acceptors (Lipinski definition) is 6. The average Bonchev–Trinajstić information content (AvgIpc) is 3.09. The van der Waals surface area contributed by atoms with Crippen LogP contribution in [-0.4, -0.2) is 51.4 Å². The molecule has 0 atom stereocenters. The van der Waals surface area contributed by atoms with Crippen LogP contribution in [0.25, 0.3) is 5.65 Å². The largest absolute Gasteiger partial charge is 0.355 e. The predicted octanol–water partition coefficient (Wildman–Crippen LogP) is 2.01. The van der Waals surface area contributed by atoms with E-state index in [1.54, 1.807) is 29.9 Å². The van der Waals surface area contributed by atoms with E-state index in [9.17, 15) is 9.18 Å². The Morgan fingerprint density at radius 3 is 2.79 bits per heavy atom. The molecule has 9 heteroatoms. The Kier molecular flexibility index (Phi) is 4.91. The van der Waals surface area contributed by atoms with Crippen LogP contribution >= 0.6 is 0 Å². The lowest BCUT2D eigenvalue weighted by Crippen LogP contribution is -2.41. The van der Waals surface area contributed by atoms with Crippen LogP contribution in [0.15, 0.2) is 30.9 Å². The number of hydrogen-bond donors (Lipinski definition) is 2. The molecule has 2 N–H and O–H groups in total. The van der Waals surface area contributed by atoms with Crippen molar-refractivity contribution < 1.29 is 9.18 Å². The van der Waals surface area contributed by atoms with Crippen molar-refractivity contribution in [1.29, 1.82) is 0 Å². The first-order valence-corrected chi connectivity index (χ1v) is 9.23. The van der Waals surface area contributed by atoms with E-state index < -0.39 is 11.7 Å². The van der Waals surface area contributed by atoms with E-state index in [-0.39, 0.29) is 11.3 Å². The minimum atomic E-state index is -0.504.